The van der Waals surface area contributed by atoms with E-state index in [-0.39, 0.29) is 17.5 Å². The number of piperidine rings is 1. The van der Waals surface area contributed by atoms with E-state index in [0.29, 0.717) is 24.7 Å². The molecule has 8 nitrogen and oxygen atoms in total. The number of amides is 1. The van der Waals surface area contributed by atoms with E-state index < -0.39 is 0 Å². The van der Waals surface area contributed by atoms with Crippen LogP contribution in [0.25, 0.3) is 11.1 Å². The number of likely N-dealkylation sites (tertiary alicyclic amines) is 1. The summed E-state index contributed by atoms with van der Waals surface area (Å²) in [6, 6.07) is 5.73. The molecule has 1 saturated heterocycles. The number of methoxy groups -OCH3 is 1. The molecule has 0 aromatic carbocycles. The summed E-state index contributed by atoms with van der Waals surface area (Å²) in [6.45, 7) is 4.79. The van der Waals surface area contributed by atoms with Crippen LogP contribution in [0.4, 0.5) is 5.69 Å². The van der Waals surface area contributed by atoms with E-state index in [1.54, 1.807) is 25.6 Å². The first-order chi connectivity index (χ1) is 15.4. The molecule has 32 heavy (non-hydrogen) atoms. The lowest BCUT2D eigenvalue weighted by molar-refractivity contribution is -0.127. The highest BCUT2D eigenvalue weighted by Crippen LogP contribution is 2.26. The Kier molecular flexibility index (Phi) is 8.05. The van der Waals surface area contributed by atoms with E-state index in [9.17, 15) is 9.59 Å². The minimum Gasteiger partial charge on any atom is -0.481 e. The molecule has 172 valence electrons. The van der Waals surface area contributed by atoms with Gasteiger partial charge in [-0.3, -0.25) is 9.59 Å². The average molecular weight is 440 g/mol. The predicted molar refractivity (Wildman–Crippen MR) is 127 cm³/mol. The number of carbonyl (C=O) groups is 1. The Morgan fingerprint density at radius 3 is 2.88 bits per heavy atom. The third kappa shape index (κ3) is 5.76. The van der Waals surface area contributed by atoms with Crippen molar-refractivity contribution in [2.24, 2.45) is 0 Å². The molecular formula is C24H33N5O3. The maximum atomic E-state index is 12.8. The first-order valence-electron chi connectivity index (χ1n) is 11.0. The number of hydrogen-bond donors (Lipinski definition) is 1. The largest absolute Gasteiger partial charge is 0.481 e. The number of hydrogen-bond acceptors (Lipinski definition) is 6. The fourth-order valence-electron chi connectivity index (χ4n) is 4.06. The molecular weight excluding hydrogens is 406 g/mol. The molecule has 1 aliphatic heterocycles. The second-order valence-corrected chi connectivity index (χ2v) is 8.22. The van der Waals surface area contributed by atoms with Crippen molar-refractivity contribution >= 4 is 11.6 Å². The Morgan fingerprint density at radius 1 is 1.34 bits per heavy atom. The Hall–Kier alpha value is -3.13. The van der Waals surface area contributed by atoms with Gasteiger partial charge in [0, 0.05) is 62.3 Å². The van der Waals surface area contributed by atoms with Gasteiger partial charge >= 0.3 is 0 Å². The predicted octanol–water partition coefficient (Wildman–Crippen LogP) is 2.38. The smallest absolute Gasteiger partial charge is 0.271 e. The second-order valence-electron chi connectivity index (χ2n) is 8.22. The first-order valence-corrected chi connectivity index (χ1v) is 11.0. The highest BCUT2D eigenvalue weighted by molar-refractivity contribution is 5.87. The lowest BCUT2D eigenvalue weighted by Crippen LogP contribution is -2.50. The van der Waals surface area contributed by atoms with Crippen LogP contribution in [0.15, 0.2) is 47.5 Å². The molecule has 1 unspecified atom stereocenters. The fraction of sp³-hybridized carbons (Fsp3) is 0.458. The van der Waals surface area contributed by atoms with E-state index in [1.165, 1.54) is 0 Å². The topological polar surface area (TPSA) is 81.8 Å². The van der Waals surface area contributed by atoms with Crippen LogP contribution in [0.5, 0.6) is 5.88 Å². The molecule has 8 heteroatoms. The third-order valence-corrected chi connectivity index (χ3v) is 5.69. The molecule has 1 atom stereocenters. The van der Waals surface area contributed by atoms with Gasteiger partial charge in [-0.05, 0) is 51.6 Å². The zero-order valence-corrected chi connectivity index (χ0v) is 19.4. The molecule has 2 aromatic rings. The molecule has 0 bridgehead atoms. The zero-order valence-electron chi connectivity index (χ0n) is 19.4. The molecule has 1 amide bonds. The Bertz CT molecular complexity index is 1000. The van der Waals surface area contributed by atoms with Crippen molar-refractivity contribution in [2.45, 2.75) is 25.8 Å². The maximum Gasteiger partial charge on any atom is 0.271 e. The van der Waals surface area contributed by atoms with Crippen LogP contribution < -0.4 is 15.2 Å². The Balaban J connectivity index is 1.82. The van der Waals surface area contributed by atoms with E-state index in [1.807, 2.05) is 55.1 Å². The minimum absolute atomic E-state index is 0.0270. The number of carbonyl (C=O) groups excluding carboxylic acids is 1. The van der Waals surface area contributed by atoms with Gasteiger partial charge in [0.2, 0.25) is 11.8 Å². The number of pyridine rings is 2. The van der Waals surface area contributed by atoms with Crippen LogP contribution in [-0.2, 0) is 4.79 Å². The molecule has 0 saturated carbocycles. The van der Waals surface area contributed by atoms with Gasteiger partial charge in [0.25, 0.3) is 5.56 Å². The number of anilines is 1. The van der Waals surface area contributed by atoms with Gasteiger partial charge in [-0.25, -0.2) is 4.98 Å². The molecule has 1 N–H and O–H groups in total. The number of nitrogens with one attached hydrogen (secondary N) is 1. The summed E-state index contributed by atoms with van der Waals surface area (Å²) in [4.78, 5) is 38.5. The fourth-order valence-corrected chi connectivity index (χ4v) is 4.06. The third-order valence-electron chi connectivity index (χ3n) is 5.69. The number of nitrogens with zero attached hydrogens (tertiary/aromatic N) is 4. The van der Waals surface area contributed by atoms with Gasteiger partial charge in [0.1, 0.15) is 5.69 Å². The van der Waals surface area contributed by atoms with Crippen LogP contribution in [0.1, 0.15) is 19.8 Å². The lowest BCUT2D eigenvalue weighted by atomic mass is 10.0. The summed E-state index contributed by atoms with van der Waals surface area (Å²) in [5.74, 6) is 0.547. The zero-order chi connectivity index (χ0) is 23.1. The molecule has 1 fully saturated rings. The molecule has 0 aliphatic carbocycles. The molecule has 0 spiro atoms. The van der Waals surface area contributed by atoms with Gasteiger partial charge in [-0.15, -0.1) is 0 Å². The summed E-state index contributed by atoms with van der Waals surface area (Å²) < 4.78 is 5.23. The van der Waals surface area contributed by atoms with Crippen LogP contribution in [0.2, 0.25) is 0 Å². The van der Waals surface area contributed by atoms with Crippen LogP contribution in [0.3, 0.4) is 0 Å². The van der Waals surface area contributed by atoms with E-state index in [0.717, 1.165) is 37.1 Å². The van der Waals surface area contributed by atoms with Crippen LogP contribution in [-0.4, -0.2) is 79.1 Å². The number of aromatic amines is 1. The summed E-state index contributed by atoms with van der Waals surface area (Å²) >= 11 is 0. The maximum absolute atomic E-state index is 12.8. The Morgan fingerprint density at radius 2 is 2.16 bits per heavy atom. The minimum atomic E-state index is -0.133. The number of likely N-dealkylation sites (N-methyl/N-ethyl adjacent to an activating group) is 2. The summed E-state index contributed by atoms with van der Waals surface area (Å²) in [5.41, 5.74) is 2.28. The van der Waals surface area contributed by atoms with Crippen molar-refractivity contribution in [3.63, 3.8) is 0 Å². The monoisotopic (exact) mass is 439 g/mol. The van der Waals surface area contributed by atoms with Crippen LogP contribution in [0, 0.1) is 0 Å². The molecule has 3 rings (SSSR count). The van der Waals surface area contributed by atoms with Crippen molar-refractivity contribution in [3.05, 3.63) is 53.1 Å². The van der Waals surface area contributed by atoms with Crippen LogP contribution >= 0.6 is 0 Å². The quantitative estimate of drug-likeness (QED) is 0.636. The number of rotatable bonds is 8. The SMILES string of the molecule is CCN(c1cc(-c2ccnc(OC)c2)c[nH]c1=O)C1CCCN(C(=O)C=CCN(C)C)C1. The highest BCUT2D eigenvalue weighted by Gasteiger charge is 2.28. The number of aromatic nitrogens is 2. The van der Waals surface area contributed by atoms with Gasteiger partial charge in [0.05, 0.1) is 7.11 Å². The van der Waals surface area contributed by atoms with Crippen molar-refractivity contribution < 1.29 is 9.53 Å². The molecule has 1 aliphatic rings. The lowest BCUT2D eigenvalue weighted by Gasteiger charge is -2.39. The van der Waals surface area contributed by atoms with Crippen molar-refractivity contribution in [1.29, 1.82) is 0 Å². The second kappa shape index (κ2) is 10.9. The molecule has 0 radical (unpaired) electrons. The van der Waals surface area contributed by atoms with Crippen molar-refractivity contribution in [2.75, 3.05) is 52.3 Å². The summed E-state index contributed by atoms with van der Waals surface area (Å²) in [6.07, 6.45) is 8.79. The van der Waals surface area contributed by atoms with E-state index in [2.05, 4.69) is 14.9 Å². The van der Waals surface area contributed by atoms with Gasteiger partial charge in [-0.1, -0.05) is 6.08 Å². The van der Waals surface area contributed by atoms with E-state index >= 15 is 0 Å². The number of ether oxygens (including phenoxy) is 1. The Labute approximate surface area is 189 Å². The first kappa shape index (κ1) is 23.5. The standard InChI is InChI=1S/C24H33N5O3/c1-5-29(20-8-6-13-28(17-20)23(30)9-7-12-27(2)3)21-14-19(16-26-24(21)31)18-10-11-25-22(15-18)32-4/h7,9-11,14-16,20H,5-6,8,12-13,17H2,1-4H3,(H,26,31). The molecule has 3 heterocycles. The summed E-state index contributed by atoms with van der Waals surface area (Å²) in [5, 5.41) is 0. The highest BCUT2D eigenvalue weighted by atomic mass is 16.5. The average Bonchev–Trinajstić information content (AvgIpc) is 2.80. The number of H-pyrrole nitrogens is 1. The van der Waals surface area contributed by atoms with E-state index in [4.69, 9.17) is 4.74 Å². The van der Waals surface area contributed by atoms with Gasteiger partial charge in [-0.2, -0.15) is 0 Å². The van der Waals surface area contributed by atoms with Crippen molar-refractivity contribution in [3.8, 4) is 17.0 Å². The normalized spacial score (nSPS) is 16.5. The summed E-state index contributed by atoms with van der Waals surface area (Å²) in [7, 11) is 5.52. The molecule has 2 aromatic heterocycles. The van der Waals surface area contributed by atoms with Gasteiger partial charge < -0.3 is 24.4 Å². The van der Waals surface area contributed by atoms with Gasteiger partial charge in [0.15, 0.2) is 0 Å². The van der Waals surface area contributed by atoms with Crippen molar-refractivity contribution in [1.82, 2.24) is 19.8 Å².